The molecular weight excluding hydrogens is 562 g/mol. The lowest BCUT2D eigenvalue weighted by molar-refractivity contribution is -0.130. The van der Waals surface area contributed by atoms with Gasteiger partial charge in [-0.1, -0.05) is 55.4 Å². The molecule has 4 unspecified atom stereocenters. The molecule has 0 radical (unpaired) electrons. The molecule has 40 heavy (non-hydrogen) atoms. The van der Waals surface area contributed by atoms with Gasteiger partial charge in [0.2, 0.25) is 0 Å². The Kier molecular flexibility index (Phi) is 23.6. The number of rotatable bonds is 23. The molecule has 0 aliphatic rings. The van der Waals surface area contributed by atoms with Crippen LogP contribution in [-0.4, -0.2) is 57.0 Å². The van der Waals surface area contributed by atoms with Crippen molar-refractivity contribution in [2.75, 3.05) is 27.4 Å². The smallest absolute Gasteiger partial charge is 0.300 e. The maximum absolute atomic E-state index is 12.2. The van der Waals surface area contributed by atoms with E-state index in [0.29, 0.717) is 38.5 Å². The molecule has 0 aromatic heterocycles. The summed E-state index contributed by atoms with van der Waals surface area (Å²) in [6.45, 7) is 15.2. The second-order valence-corrected chi connectivity index (χ2v) is 13.3. The molecule has 0 saturated carbocycles. The van der Waals surface area contributed by atoms with Crippen LogP contribution in [0.5, 0.6) is 0 Å². The molecule has 0 rings (SSSR count). The minimum atomic E-state index is -3.60. The predicted molar refractivity (Wildman–Crippen MR) is 155 cm³/mol. The first-order chi connectivity index (χ1) is 18.7. The lowest BCUT2D eigenvalue weighted by Crippen LogP contribution is -2.27. The molecule has 0 heterocycles. The van der Waals surface area contributed by atoms with E-state index >= 15 is 0 Å². The molecule has 0 fully saturated rings. The van der Waals surface area contributed by atoms with Gasteiger partial charge in [0.1, 0.15) is 17.7 Å². The summed E-state index contributed by atoms with van der Waals surface area (Å²) in [6.07, 6.45) is 2.60. The molecule has 11 nitrogen and oxygen atoms in total. The summed E-state index contributed by atoms with van der Waals surface area (Å²) in [7, 11) is -4.63. The Labute approximate surface area is 241 Å². The average molecular weight is 617 g/mol. The van der Waals surface area contributed by atoms with E-state index in [4.69, 9.17) is 27.1 Å². The van der Waals surface area contributed by atoms with Crippen molar-refractivity contribution in [1.82, 2.24) is 0 Å². The van der Waals surface area contributed by atoms with Crippen LogP contribution >= 0.6 is 15.6 Å². The van der Waals surface area contributed by atoms with Gasteiger partial charge < -0.3 is 0 Å². The van der Waals surface area contributed by atoms with Crippen molar-refractivity contribution >= 4 is 33.0 Å². The van der Waals surface area contributed by atoms with Gasteiger partial charge in [-0.2, -0.15) is 0 Å². The summed E-state index contributed by atoms with van der Waals surface area (Å²) in [6, 6.07) is 0. The van der Waals surface area contributed by atoms with Gasteiger partial charge in [0.05, 0.1) is 19.3 Å². The highest BCUT2D eigenvalue weighted by Gasteiger charge is 2.33. The molecule has 13 heteroatoms. The summed E-state index contributed by atoms with van der Waals surface area (Å²) >= 11 is 0. The van der Waals surface area contributed by atoms with Crippen molar-refractivity contribution < 1.29 is 50.7 Å². The summed E-state index contributed by atoms with van der Waals surface area (Å²) in [5.74, 6) is -0.194. The Morgan fingerprint density at radius 2 is 1.18 bits per heavy atom. The normalized spacial score (nSPS) is 16.0. The number of hydrogen-bond acceptors (Lipinski definition) is 11. The fourth-order valence-corrected chi connectivity index (χ4v) is 5.53. The van der Waals surface area contributed by atoms with E-state index in [1.807, 2.05) is 34.6 Å². The summed E-state index contributed by atoms with van der Waals surface area (Å²) in [4.78, 5) is 35.2. The monoisotopic (exact) mass is 616 g/mol. The minimum Gasteiger partial charge on any atom is -0.300 e. The number of carbonyl (C=O) groups is 3. The molecular formula is C27H54O11P2. The first-order valence-corrected chi connectivity index (χ1v) is 17.1. The van der Waals surface area contributed by atoms with Crippen molar-refractivity contribution in [3.05, 3.63) is 0 Å². The molecule has 0 bridgehead atoms. The molecule has 0 amide bonds. The number of Topliss-reactive ketones (excluding diaryl/α,β-unsaturated/α-hetero) is 3. The zero-order valence-electron chi connectivity index (χ0n) is 26.3. The highest BCUT2D eigenvalue weighted by molar-refractivity contribution is 7.48. The molecule has 0 aliphatic heterocycles. The van der Waals surface area contributed by atoms with Crippen LogP contribution in [0.1, 0.15) is 107 Å². The van der Waals surface area contributed by atoms with E-state index in [2.05, 4.69) is 0 Å². The Hall–Kier alpha value is -0.770. The van der Waals surface area contributed by atoms with Crippen LogP contribution < -0.4 is 0 Å². The number of ketones is 3. The lowest BCUT2D eigenvalue weighted by Gasteiger charge is -2.22. The molecule has 0 spiro atoms. The standard InChI is InChI=1S/C16H31O6P.C11H23O5P/c1-6-12-21-23(19,20-5)22-15(7-2)10-8-14(17)9-11-16(18)13(3)4;1-6-8-15-17(13,14-5)16-10(7-2)11(12)9(3)4/h13,15H,6-12H2,1-5H3;9-10H,6-8H2,1-5H3. The van der Waals surface area contributed by atoms with Gasteiger partial charge >= 0.3 is 15.6 Å². The van der Waals surface area contributed by atoms with Crippen molar-refractivity contribution in [2.45, 2.75) is 119 Å². The third kappa shape index (κ3) is 18.6. The Bertz CT molecular complexity index is 814. The first-order valence-electron chi connectivity index (χ1n) is 14.2. The lowest BCUT2D eigenvalue weighted by atomic mass is 10.0. The quantitative estimate of drug-likeness (QED) is 0.105. The molecule has 0 aliphatic carbocycles. The van der Waals surface area contributed by atoms with Crippen LogP contribution in [0.4, 0.5) is 0 Å². The zero-order valence-corrected chi connectivity index (χ0v) is 28.1. The molecule has 0 aromatic carbocycles. The number of hydrogen-bond donors (Lipinski definition) is 0. The second kappa shape index (κ2) is 22.8. The molecule has 0 saturated heterocycles. The van der Waals surface area contributed by atoms with E-state index in [-0.39, 0.29) is 61.3 Å². The van der Waals surface area contributed by atoms with Gasteiger partial charge in [-0.15, -0.1) is 0 Å². The third-order valence-corrected chi connectivity index (χ3v) is 8.60. The summed E-state index contributed by atoms with van der Waals surface area (Å²) < 4.78 is 54.8. The maximum Gasteiger partial charge on any atom is 0.475 e. The highest BCUT2D eigenvalue weighted by atomic mass is 31.2. The van der Waals surface area contributed by atoms with Gasteiger partial charge in [0, 0.05) is 45.3 Å². The number of phosphoric acid groups is 2. The summed E-state index contributed by atoms with van der Waals surface area (Å²) in [5, 5.41) is 0. The fraction of sp³-hybridized carbons (Fsp3) is 0.889. The SMILES string of the molecule is CCCOP(=O)(OC)OC(CC)C(=O)C(C)C.CCCOP(=O)(OC)OC(CC)CCC(=O)CCC(=O)C(C)C. The average Bonchev–Trinajstić information content (AvgIpc) is 2.94. The predicted octanol–water partition coefficient (Wildman–Crippen LogP) is 7.51. The first kappa shape index (κ1) is 41.4. The van der Waals surface area contributed by atoms with Crippen molar-refractivity contribution in [3.8, 4) is 0 Å². The van der Waals surface area contributed by atoms with E-state index in [1.54, 1.807) is 20.8 Å². The van der Waals surface area contributed by atoms with Gasteiger partial charge in [-0.25, -0.2) is 9.13 Å². The Morgan fingerprint density at radius 3 is 1.55 bits per heavy atom. The van der Waals surface area contributed by atoms with E-state index in [9.17, 15) is 23.5 Å². The third-order valence-electron chi connectivity index (χ3n) is 5.64. The number of carbonyl (C=O) groups excluding carboxylic acids is 3. The highest BCUT2D eigenvalue weighted by Crippen LogP contribution is 2.51. The largest absolute Gasteiger partial charge is 0.475 e. The molecule has 0 aromatic rings. The Morgan fingerprint density at radius 1 is 0.675 bits per heavy atom. The van der Waals surface area contributed by atoms with E-state index in [1.165, 1.54) is 14.2 Å². The Balaban J connectivity index is 0. The van der Waals surface area contributed by atoms with Crippen LogP contribution in [0.2, 0.25) is 0 Å². The minimum absolute atomic E-state index is 0.0165. The topological polar surface area (TPSA) is 141 Å². The molecule has 238 valence electrons. The molecule has 4 atom stereocenters. The van der Waals surface area contributed by atoms with Crippen LogP contribution in [0.3, 0.4) is 0 Å². The van der Waals surface area contributed by atoms with Crippen LogP contribution in [0.15, 0.2) is 0 Å². The van der Waals surface area contributed by atoms with Crippen molar-refractivity contribution in [1.29, 1.82) is 0 Å². The fourth-order valence-electron chi connectivity index (χ4n) is 3.03. The van der Waals surface area contributed by atoms with Gasteiger partial charge in [-0.3, -0.25) is 41.5 Å². The van der Waals surface area contributed by atoms with Gasteiger partial charge in [0.15, 0.2) is 5.78 Å². The van der Waals surface area contributed by atoms with Crippen LogP contribution in [-0.2, 0) is 50.7 Å². The van der Waals surface area contributed by atoms with Gasteiger partial charge in [0.25, 0.3) is 0 Å². The molecule has 0 N–H and O–H groups in total. The number of phosphoric ester groups is 2. The summed E-state index contributed by atoms with van der Waals surface area (Å²) in [5.41, 5.74) is 0. The van der Waals surface area contributed by atoms with Crippen LogP contribution in [0, 0.1) is 11.8 Å². The van der Waals surface area contributed by atoms with E-state index < -0.39 is 21.7 Å². The van der Waals surface area contributed by atoms with Crippen molar-refractivity contribution in [2.24, 2.45) is 11.8 Å². The van der Waals surface area contributed by atoms with E-state index in [0.717, 1.165) is 0 Å². The zero-order chi connectivity index (χ0) is 31.4. The second-order valence-electron chi connectivity index (χ2n) is 9.82. The van der Waals surface area contributed by atoms with Crippen molar-refractivity contribution in [3.63, 3.8) is 0 Å². The van der Waals surface area contributed by atoms with Crippen LogP contribution in [0.25, 0.3) is 0 Å². The maximum atomic E-state index is 12.2. The van der Waals surface area contributed by atoms with Gasteiger partial charge in [-0.05, 0) is 32.1 Å².